The minimum Gasteiger partial charge on any atom is -0.507 e. The number of hydrogen-bond acceptors (Lipinski definition) is 7. The lowest BCUT2D eigenvalue weighted by atomic mass is 9.94. The number of aliphatic hydroxyl groups excluding tert-OH is 1. The standard InChI is InChI=1S/C26H31NO7/c1-16(2)15-34-18-11-9-17(10-12-18)23(28)21-22(27(13-14-31-3)26(30)24(21)29)19-7-6-8-20(32-4)25(19)33-5/h6-12,16,22,28H,13-15H2,1-5H3/b23-21+/t22-/m1/s1. The highest BCUT2D eigenvalue weighted by Crippen LogP contribution is 2.45. The van der Waals surface area contributed by atoms with Gasteiger partial charge < -0.3 is 29.0 Å². The van der Waals surface area contributed by atoms with Gasteiger partial charge in [0.2, 0.25) is 0 Å². The molecule has 1 atom stereocenters. The number of ether oxygens (including phenoxy) is 4. The number of likely N-dealkylation sites (tertiary alicyclic amines) is 1. The van der Waals surface area contributed by atoms with Gasteiger partial charge >= 0.3 is 0 Å². The van der Waals surface area contributed by atoms with Crippen LogP contribution in [-0.4, -0.2) is 62.8 Å². The average molecular weight is 470 g/mol. The molecule has 8 nitrogen and oxygen atoms in total. The van der Waals surface area contributed by atoms with Crippen LogP contribution in [0.2, 0.25) is 0 Å². The molecule has 8 heteroatoms. The van der Waals surface area contributed by atoms with Gasteiger partial charge in [-0.3, -0.25) is 9.59 Å². The molecule has 0 unspecified atom stereocenters. The molecule has 1 aliphatic rings. The molecule has 0 bridgehead atoms. The van der Waals surface area contributed by atoms with Crippen LogP contribution in [0, 0.1) is 5.92 Å². The second kappa shape index (κ2) is 11.1. The molecule has 1 amide bonds. The van der Waals surface area contributed by atoms with Crippen LogP contribution < -0.4 is 14.2 Å². The lowest BCUT2D eigenvalue weighted by Gasteiger charge is -2.27. The molecule has 0 aliphatic carbocycles. The fourth-order valence-electron chi connectivity index (χ4n) is 3.88. The Hall–Kier alpha value is -3.52. The van der Waals surface area contributed by atoms with E-state index >= 15 is 0 Å². The second-order valence-corrected chi connectivity index (χ2v) is 8.30. The number of ketones is 1. The number of para-hydroxylation sites is 1. The molecule has 0 saturated carbocycles. The topological polar surface area (TPSA) is 94.5 Å². The van der Waals surface area contributed by atoms with Crippen molar-refractivity contribution in [3.05, 3.63) is 59.2 Å². The highest BCUT2D eigenvalue weighted by atomic mass is 16.5. The third kappa shape index (κ3) is 5.02. The van der Waals surface area contributed by atoms with E-state index < -0.39 is 17.7 Å². The highest BCUT2D eigenvalue weighted by molar-refractivity contribution is 6.46. The van der Waals surface area contributed by atoms with Crippen molar-refractivity contribution in [2.75, 3.05) is 41.1 Å². The summed E-state index contributed by atoms with van der Waals surface area (Å²) in [5.74, 6) is 0.0787. The van der Waals surface area contributed by atoms with Gasteiger partial charge in [-0.25, -0.2) is 0 Å². The Kier molecular flexibility index (Phi) is 8.17. The molecular formula is C26H31NO7. The summed E-state index contributed by atoms with van der Waals surface area (Å²) in [7, 11) is 4.51. The van der Waals surface area contributed by atoms with Crippen molar-refractivity contribution < 1.29 is 33.6 Å². The predicted octanol–water partition coefficient (Wildman–Crippen LogP) is 3.81. The Labute approximate surface area is 199 Å². The van der Waals surface area contributed by atoms with Crippen molar-refractivity contribution in [3.8, 4) is 17.2 Å². The van der Waals surface area contributed by atoms with E-state index in [9.17, 15) is 14.7 Å². The molecule has 0 radical (unpaired) electrons. The maximum Gasteiger partial charge on any atom is 0.295 e. The number of amides is 1. The maximum absolute atomic E-state index is 13.1. The van der Waals surface area contributed by atoms with Gasteiger partial charge in [0.1, 0.15) is 11.5 Å². The van der Waals surface area contributed by atoms with Crippen molar-refractivity contribution >= 4 is 17.4 Å². The van der Waals surface area contributed by atoms with E-state index in [1.807, 2.05) is 0 Å². The number of aliphatic hydroxyl groups is 1. The Morgan fingerprint density at radius 1 is 1.03 bits per heavy atom. The zero-order valence-corrected chi connectivity index (χ0v) is 20.2. The van der Waals surface area contributed by atoms with Gasteiger partial charge in [-0.05, 0) is 36.2 Å². The van der Waals surface area contributed by atoms with Crippen LogP contribution in [0.4, 0.5) is 0 Å². The Morgan fingerprint density at radius 2 is 1.74 bits per heavy atom. The quantitative estimate of drug-likeness (QED) is 0.321. The number of hydrogen-bond donors (Lipinski definition) is 1. The summed E-state index contributed by atoms with van der Waals surface area (Å²) in [4.78, 5) is 27.5. The van der Waals surface area contributed by atoms with Gasteiger partial charge in [-0.1, -0.05) is 26.0 Å². The van der Waals surface area contributed by atoms with E-state index in [0.29, 0.717) is 40.9 Å². The summed E-state index contributed by atoms with van der Waals surface area (Å²) < 4.78 is 21.8. The van der Waals surface area contributed by atoms with Crippen LogP contribution in [0.5, 0.6) is 17.2 Å². The third-order valence-corrected chi connectivity index (χ3v) is 5.52. The van der Waals surface area contributed by atoms with Crippen molar-refractivity contribution in [3.63, 3.8) is 0 Å². The van der Waals surface area contributed by atoms with Gasteiger partial charge in [0.25, 0.3) is 11.7 Å². The third-order valence-electron chi connectivity index (χ3n) is 5.52. The number of methoxy groups -OCH3 is 3. The monoisotopic (exact) mass is 469 g/mol. The Bertz CT molecular complexity index is 1060. The van der Waals surface area contributed by atoms with Crippen LogP contribution in [0.25, 0.3) is 5.76 Å². The lowest BCUT2D eigenvalue weighted by molar-refractivity contribution is -0.140. The van der Waals surface area contributed by atoms with Crippen LogP contribution in [0.1, 0.15) is 31.0 Å². The van der Waals surface area contributed by atoms with Gasteiger partial charge in [0, 0.05) is 24.8 Å². The first-order valence-corrected chi connectivity index (χ1v) is 11.1. The van der Waals surface area contributed by atoms with Crippen molar-refractivity contribution in [1.82, 2.24) is 4.90 Å². The molecule has 0 aromatic heterocycles. The Morgan fingerprint density at radius 3 is 2.32 bits per heavy atom. The summed E-state index contributed by atoms with van der Waals surface area (Å²) in [5.41, 5.74) is 0.896. The predicted molar refractivity (Wildman–Crippen MR) is 127 cm³/mol. The largest absolute Gasteiger partial charge is 0.507 e. The van der Waals surface area contributed by atoms with E-state index in [1.54, 1.807) is 42.5 Å². The number of rotatable bonds is 10. The molecule has 182 valence electrons. The van der Waals surface area contributed by atoms with Crippen molar-refractivity contribution in [1.29, 1.82) is 0 Å². The average Bonchev–Trinajstić information content (AvgIpc) is 3.10. The molecule has 2 aromatic carbocycles. The molecule has 1 heterocycles. The fourth-order valence-corrected chi connectivity index (χ4v) is 3.88. The van der Waals surface area contributed by atoms with Gasteiger partial charge in [-0.15, -0.1) is 0 Å². The van der Waals surface area contributed by atoms with E-state index in [1.165, 1.54) is 26.2 Å². The maximum atomic E-state index is 13.1. The zero-order valence-electron chi connectivity index (χ0n) is 20.2. The van der Waals surface area contributed by atoms with Crippen molar-refractivity contribution in [2.24, 2.45) is 5.92 Å². The van der Waals surface area contributed by atoms with Crippen LogP contribution >= 0.6 is 0 Å². The number of carbonyl (C=O) groups is 2. The van der Waals surface area contributed by atoms with Crippen LogP contribution in [0.3, 0.4) is 0 Å². The molecule has 1 saturated heterocycles. The molecule has 0 spiro atoms. The number of benzene rings is 2. The van der Waals surface area contributed by atoms with Gasteiger partial charge in [0.05, 0.1) is 39.0 Å². The molecule has 1 aliphatic heterocycles. The lowest BCUT2D eigenvalue weighted by Crippen LogP contribution is -2.32. The van der Waals surface area contributed by atoms with E-state index in [4.69, 9.17) is 18.9 Å². The molecule has 34 heavy (non-hydrogen) atoms. The summed E-state index contributed by atoms with van der Waals surface area (Å²) >= 11 is 0. The van der Waals surface area contributed by atoms with E-state index in [0.717, 1.165) is 0 Å². The van der Waals surface area contributed by atoms with E-state index in [-0.39, 0.29) is 24.5 Å². The molecule has 2 aromatic rings. The first-order chi connectivity index (χ1) is 16.3. The number of Topliss-reactive ketones (excluding diaryl/α,β-unsaturated/α-hetero) is 1. The molecular weight excluding hydrogens is 438 g/mol. The summed E-state index contributed by atoms with van der Waals surface area (Å²) in [6.07, 6.45) is 0. The number of carbonyl (C=O) groups excluding carboxylic acids is 2. The molecule has 3 rings (SSSR count). The molecule has 1 fully saturated rings. The summed E-state index contributed by atoms with van der Waals surface area (Å²) in [6, 6.07) is 11.1. The van der Waals surface area contributed by atoms with Crippen molar-refractivity contribution in [2.45, 2.75) is 19.9 Å². The Balaban J connectivity index is 2.12. The first-order valence-electron chi connectivity index (χ1n) is 11.1. The summed E-state index contributed by atoms with van der Waals surface area (Å²) in [5, 5.41) is 11.2. The van der Waals surface area contributed by atoms with Crippen LogP contribution in [0.15, 0.2) is 48.0 Å². The fraction of sp³-hybridized carbons (Fsp3) is 0.385. The van der Waals surface area contributed by atoms with Crippen LogP contribution in [-0.2, 0) is 14.3 Å². The summed E-state index contributed by atoms with van der Waals surface area (Å²) in [6.45, 7) is 5.04. The number of nitrogens with zero attached hydrogens (tertiary/aromatic N) is 1. The second-order valence-electron chi connectivity index (χ2n) is 8.30. The SMILES string of the molecule is COCCN1C(=O)C(=O)/C(=C(/O)c2ccc(OCC(C)C)cc2)[C@H]1c1cccc(OC)c1OC. The minimum absolute atomic E-state index is 0.0245. The smallest absolute Gasteiger partial charge is 0.295 e. The minimum atomic E-state index is -0.878. The molecule has 1 N–H and O–H groups in total. The highest BCUT2D eigenvalue weighted by Gasteiger charge is 2.47. The van der Waals surface area contributed by atoms with E-state index in [2.05, 4.69) is 13.8 Å². The van der Waals surface area contributed by atoms with Gasteiger partial charge in [0.15, 0.2) is 11.5 Å². The first kappa shape index (κ1) is 25.1. The van der Waals surface area contributed by atoms with Gasteiger partial charge in [-0.2, -0.15) is 0 Å². The normalized spacial score (nSPS) is 17.4. The zero-order chi connectivity index (χ0) is 24.8.